The Labute approximate surface area is 167 Å². The van der Waals surface area contributed by atoms with Gasteiger partial charge in [0.1, 0.15) is 11.6 Å². The summed E-state index contributed by atoms with van der Waals surface area (Å²) < 4.78 is 20.0. The summed E-state index contributed by atoms with van der Waals surface area (Å²) in [6, 6.07) is 15.4. The van der Waals surface area contributed by atoms with Crippen molar-refractivity contribution >= 4 is 17.4 Å². The van der Waals surface area contributed by atoms with E-state index in [-0.39, 0.29) is 18.1 Å². The summed E-state index contributed by atoms with van der Waals surface area (Å²) >= 11 is 0. The van der Waals surface area contributed by atoms with E-state index in [4.69, 9.17) is 4.74 Å². The molecule has 2 aromatic carbocycles. The van der Waals surface area contributed by atoms with Crippen molar-refractivity contribution in [3.63, 3.8) is 0 Å². The molecule has 0 atom stereocenters. The van der Waals surface area contributed by atoms with Crippen molar-refractivity contribution in [3.8, 4) is 5.75 Å². The zero-order chi connectivity index (χ0) is 20.2. The Morgan fingerprint density at radius 2 is 1.83 bits per heavy atom. The molecule has 146 valence electrons. The highest BCUT2D eigenvalue weighted by atomic mass is 19.1. The average Bonchev–Trinajstić information content (AvgIpc) is 3.07. The van der Waals surface area contributed by atoms with E-state index in [1.54, 1.807) is 42.2 Å². The number of rotatable bonds is 6. The fourth-order valence-electron chi connectivity index (χ4n) is 3.11. The Kier molecular flexibility index (Phi) is 5.20. The van der Waals surface area contributed by atoms with Gasteiger partial charge in [0.05, 0.1) is 13.5 Å². The summed E-state index contributed by atoms with van der Waals surface area (Å²) in [6.45, 7) is 0. The number of aromatic nitrogens is 3. The van der Waals surface area contributed by atoms with Gasteiger partial charge in [-0.05, 0) is 41.5 Å². The quantitative estimate of drug-likeness (QED) is 0.546. The Bertz CT molecular complexity index is 1140. The molecule has 0 spiro atoms. The molecule has 0 saturated carbocycles. The lowest BCUT2D eigenvalue weighted by molar-refractivity contribution is -0.115. The van der Waals surface area contributed by atoms with Gasteiger partial charge in [-0.15, -0.1) is 5.10 Å². The van der Waals surface area contributed by atoms with Gasteiger partial charge in [-0.1, -0.05) is 24.3 Å². The molecular formula is C22H19FN4O2. The topological polar surface area (TPSA) is 68.5 Å². The lowest BCUT2D eigenvalue weighted by Crippen LogP contribution is -2.16. The maximum Gasteiger partial charge on any atom is 0.230 e. The number of carbonyl (C=O) groups is 1. The molecule has 6 nitrogen and oxygen atoms in total. The van der Waals surface area contributed by atoms with E-state index in [0.717, 1.165) is 22.4 Å². The second-order valence-corrected chi connectivity index (χ2v) is 6.59. The van der Waals surface area contributed by atoms with Gasteiger partial charge >= 0.3 is 0 Å². The molecule has 4 aromatic rings. The van der Waals surface area contributed by atoms with E-state index in [1.165, 1.54) is 12.1 Å². The van der Waals surface area contributed by atoms with Gasteiger partial charge in [0.25, 0.3) is 0 Å². The van der Waals surface area contributed by atoms with Crippen LogP contribution in [0.1, 0.15) is 16.7 Å². The molecule has 2 heterocycles. The van der Waals surface area contributed by atoms with Gasteiger partial charge in [0.15, 0.2) is 11.5 Å². The average molecular weight is 390 g/mol. The second-order valence-electron chi connectivity index (χ2n) is 6.59. The maximum atomic E-state index is 13.2. The van der Waals surface area contributed by atoms with Crippen LogP contribution in [0.25, 0.3) is 5.65 Å². The van der Waals surface area contributed by atoms with Gasteiger partial charge < -0.3 is 10.1 Å². The molecule has 2 aromatic heterocycles. The zero-order valence-corrected chi connectivity index (χ0v) is 15.8. The van der Waals surface area contributed by atoms with Gasteiger partial charge in [0.2, 0.25) is 5.91 Å². The molecular weight excluding hydrogens is 371 g/mol. The van der Waals surface area contributed by atoms with Crippen molar-refractivity contribution in [3.05, 3.63) is 89.5 Å². The predicted octanol–water partition coefficient (Wildman–Crippen LogP) is 3.65. The van der Waals surface area contributed by atoms with Crippen molar-refractivity contribution in [2.24, 2.45) is 0 Å². The van der Waals surface area contributed by atoms with Crippen LogP contribution >= 0.6 is 0 Å². The van der Waals surface area contributed by atoms with Crippen molar-refractivity contribution in [2.75, 3.05) is 12.4 Å². The largest absolute Gasteiger partial charge is 0.497 e. The van der Waals surface area contributed by atoms with Crippen molar-refractivity contribution in [2.45, 2.75) is 12.8 Å². The monoisotopic (exact) mass is 390 g/mol. The summed E-state index contributed by atoms with van der Waals surface area (Å²) in [4.78, 5) is 17.0. The molecule has 0 aliphatic rings. The second kappa shape index (κ2) is 8.10. The number of nitrogens with one attached hydrogen (secondary N) is 1. The molecule has 4 rings (SSSR count). The van der Waals surface area contributed by atoms with Gasteiger partial charge in [-0.2, -0.15) is 0 Å². The molecule has 0 aliphatic carbocycles. The number of ether oxygens (including phenoxy) is 1. The van der Waals surface area contributed by atoms with Crippen LogP contribution in [-0.4, -0.2) is 27.6 Å². The highest BCUT2D eigenvalue weighted by molar-refractivity contribution is 5.93. The molecule has 29 heavy (non-hydrogen) atoms. The van der Waals surface area contributed by atoms with Gasteiger partial charge in [0, 0.05) is 24.4 Å². The minimum Gasteiger partial charge on any atom is -0.497 e. The first kappa shape index (κ1) is 18.6. The van der Waals surface area contributed by atoms with Gasteiger partial charge in [-0.25, -0.2) is 13.9 Å². The Morgan fingerprint density at radius 3 is 2.55 bits per heavy atom. The number of carbonyl (C=O) groups excluding carboxylic acids is 1. The number of amides is 1. The first-order valence-electron chi connectivity index (χ1n) is 9.12. The summed E-state index contributed by atoms with van der Waals surface area (Å²) in [5.74, 6) is 0.715. The highest BCUT2D eigenvalue weighted by Crippen LogP contribution is 2.23. The standard InChI is InChI=1S/C22H19FN4O2/c1-29-18-9-5-16(6-10-18)14-20(28)25-21-19(13-15-3-7-17(23)8-4-15)22-24-11-2-12-27(22)26-21/h2-12H,13-14H2,1H3,(H,25,26,28). The molecule has 0 radical (unpaired) electrons. The third-order valence-electron chi connectivity index (χ3n) is 4.57. The number of benzene rings is 2. The van der Waals surface area contributed by atoms with Crippen molar-refractivity contribution in [1.82, 2.24) is 14.6 Å². The number of hydrogen-bond donors (Lipinski definition) is 1. The first-order chi connectivity index (χ1) is 14.1. The normalized spacial score (nSPS) is 10.8. The number of nitrogens with zero attached hydrogens (tertiary/aromatic N) is 3. The van der Waals surface area contributed by atoms with Crippen LogP contribution in [0, 0.1) is 5.82 Å². The minimum atomic E-state index is -0.292. The number of halogens is 1. The smallest absolute Gasteiger partial charge is 0.230 e. The van der Waals surface area contributed by atoms with Crippen LogP contribution < -0.4 is 10.1 Å². The Hall–Kier alpha value is -3.74. The van der Waals surface area contributed by atoms with Crippen LogP contribution in [0.3, 0.4) is 0 Å². The summed E-state index contributed by atoms with van der Waals surface area (Å²) in [7, 11) is 1.60. The predicted molar refractivity (Wildman–Crippen MR) is 108 cm³/mol. The number of methoxy groups -OCH3 is 1. The lowest BCUT2D eigenvalue weighted by atomic mass is 10.1. The Morgan fingerprint density at radius 1 is 1.10 bits per heavy atom. The number of anilines is 1. The number of fused-ring (bicyclic) bond motifs is 1. The highest BCUT2D eigenvalue weighted by Gasteiger charge is 2.17. The molecule has 0 fully saturated rings. The number of hydrogen-bond acceptors (Lipinski definition) is 4. The summed E-state index contributed by atoms with van der Waals surface area (Å²) in [5.41, 5.74) is 3.19. The lowest BCUT2D eigenvalue weighted by Gasteiger charge is -2.07. The maximum absolute atomic E-state index is 13.2. The van der Waals surface area contributed by atoms with Gasteiger partial charge in [-0.3, -0.25) is 4.79 Å². The van der Waals surface area contributed by atoms with E-state index < -0.39 is 0 Å². The van der Waals surface area contributed by atoms with Crippen LogP contribution in [0.5, 0.6) is 5.75 Å². The molecule has 0 saturated heterocycles. The summed E-state index contributed by atoms with van der Waals surface area (Å²) in [5, 5.41) is 7.36. The molecule has 0 bridgehead atoms. The van der Waals surface area contributed by atoms with Crippen LogP contribution in [-0.2, 0) is 17.6 Å². The van der Waals surface area contributed by atoms with E-state index in [9.17, 15) is 9.18 Å². The van der Waals surface area contributed by atoms with Crippen molar-refractivity contribution in [1.29, 1.82) is 0 Å². The Balaban J connectivity index is 1.58. The molecule has 0 unspecified atom stereocenters. The third kappa shape index (κ3) is 4.24. The first-order valence-corrected chi connectivity index (χ1v) is 9.12. The van der Waals surface area contributed by atoms with E-state index >= 15 is 0 Å². The van der Waals surface area contributed by atoms with Crippen LogP contribution in [0.4, 0.5) is 10.2 Å². The van der Waals surface area contributed by atoms with E-state index in [0.29, 0.717) is 17.9 Å². The van der Waals surface area contributed by atoms with Crippen LogP contribution in [0.15, 0.2) is 67.0 Å². The summed E-state index contributed by atoms with van der Waals surface area (Å²) in [6.07, 6.45) is 4.13. The van der Waals surface area contributed by atoms with Crippen molar-refractivity contribution < 1.29 is 13.9 Å². The SMILES string of the molecule is COc1ccc(CC(=O)Nc2nn3cccnc3c2Cc2ccc(F)cc2)cc1. The fraction of sp³-hybridized carbons (Fsp3) is 0.136. The molecule has 0 aliphatic heterocycles. The van der Waals surface area contributed by atoms with E-state index in [1.807, 2.05) is 24.3 Å². The third-order valence-corrected chi connectivity index (χ3v) is 4.57. The minimum absolute atomic E-state index is 0.182. The molecule has 1 amide bonds. The zero-order valence-electron chi connectivity index (χ0n) is 15.8. The van der Waals surface area contributed by atoms with Crippen LogP contribution in [0.2, 0.25) is 0 Å². The molecule has 1 N–H and O–H groups in total. The van der Waals surface area contributed by atoms with E-state index in [2.05, 4.69) is 15.4 Å². The fourth-order valence-corrected chi connectivity index (χ4v) is 3.11. The molecule has 7 heteroatoms.